The fourth-order valence-electron chi connectivity index (χ4n) is 4.18. The number of ether oxygens (including phenoxy) is 2. The van der Waals surface area contributed by atoms with Crippen LogP contribution in [0.1, 0.15) is 44.2 Å². The summed E-state index contributed by atoms with van der Waals surface area (Å²) >= 11 is 0. The number of benzene rings is 2. The van der Waals surface area contributed by atoms with Gasteiger partial charge in [0.15, 0.2) is 0 Å². The molecule has 0 unspecified atom stereocenters. The molecule has 0 aromatic heterocycles. The SMILES string of the molecule is COc1ccccc1[C@@]1(CCN=Cc2ccccc2O)CCOC(C)(C)C1. The average Bonchev–Trinajstić information content (AvgIpc) is 2.66. The summed E-state index contributed by atoms with van der Waals surface area (Å²) in [6, 6.07) is 15.6. The average molecular weight is 367 g/mol. The van der Waals surface area contributed by atoms with Crippen LogP contribution < -0.4 is 4.74 Å². The first-order valence-corrected chi connectivity index (χ1v) is 9.51. The molecular formula is C23H29NO3. The predicted octanol–water partition coefficient (Wildman–Crippen LogP) is 4.74. The van der Waals surface area contributed by atoms with Gasteiger partial charge in [-0.1, -0.05) is 30.3 Å². The Morgan fingerprint density at radius 2 is 1.89 bits per heavy atom. The van der Waals surface area contributed by atoms with E-state index >= 15 is 0 Å². The third-order valence-electron chi connectivity index (χ3n) is 5.40. The van der Waals surface area contributed by atoms with E-state index in [1.807, 2.05) is 30.3 Å². The van der Waals surface area contributed by atoms with Gasteiger partial charge in [0.1, 0.15) is 11.5 Å². The highest BCUT2D eigenvalue weighted by Gasteiger charge is 2.43. The van der Waals surface area contributed by atoms with Gasteiger partial charge in [-0.15, -0.1) is 0 Å². The molecule has 0 saturated carbocycles. The summed E-state index contributed by atoms with van der Waals surface area (Å²) < 4.78 is 11.7. The van der Waals surface area contributed by atoms with Crippen LogP contribution in [0, 0.1) is 0 Å². The molecule has 144 valence electrons. The van der Waals surface area contributed by atoms with Crippen molar-refractivity contribution in [2.24, 2.45) is 4.99 Å². The second-order valence-electron chi connectivity index (χ2n) is 7.86. The Morgan fingerprint density at radius 3 is 2.63 bits per heavy atom. The number of aromatic hydroxyl groups is 1. The Balaban J connectivity index is 1.84. The zero-order chi connectivity index (χ0) is 19.3. The van der Waals surface area contributed by atoms with Crippen molar-refractivity contribution in [3.8, 4) is 11.5 Å². The van der Waals surface area contributed by atoms with Crippen LogP contribution in [0.2, 0.25) is 0 Å². The molecule has 1 saturated heterocycles. The largest absolute Gasteiger partial charge is 0.507 e. The molecule has 0 aliphatic carbocycles. The van der Waals surface area contributed by atoms with Gasteiger partial charge in [0.25, 0.3) is 0 Å². The first-order chi connectivity index (χ1) is 13.0. The quantitative estimate of drug-likeness (QED) is 0.751. The molecule has 2 aromatic rings. The van der Waals surface area contributed by atoms with Gasteiger partial charge in [-0.3, -0.25) is 4.99 Å². The summed E-state index contributed by atoms with van der Waals surface area (Å²) in [7, 11) is 1.73. The zero-order valence-corrected chi connectivity index (χ0v) is 16.4. The lowest BCUT2D eigenvalue weighted by Gasteiger charge is -2.45. The van der Waals surface area contributed by atoms with Crippen LogP contribution in [0.3, 0.4) is 0 Å². The van der Waals surface area contributed by atoms with Crippen LogP contribution in [-0.4, -0.2) is 37.2 Å². The van der Waals surface area contributed by atoms with Crippen molar-refractivity contribution in [3.05, 3.63) is 59.7 Å². The van der Waals surface area contributed by atoms with Gasteiger partial charge in [-0.2, -0.15) is 0 Å². The zero-order valence-electron chi connectivity index (χ0n) is 16.4. The Morgan fingerprint density at radius 1 is 1.15 bits per heavy atom. The van der Waals surface area contributed by atoms with Crippen molar-refractivity contribution < 1.29 is 14.6 Å². The molecule has 1 atom stereocenters. The number of hydrogen-bond donors (Lipinski definition) is 1. The fourth-order valence-corrected chi connectivity index (χ4v) is 4.18. The molecule has 0 amide bonds. The highest BCUT2D eigenvalue weighted by Crippen LogP contribution is 2.47. The third kappa shape index (κ3) is 4.51. The van der Waals surface area contributed by atoms with Gasteiger partial charge in [0, 0.05) is 35.9 Å². The van der Waals surface area contributed by atoms with Gasteiger partial charge in [-0.25, -0.2) is 0 Å². The molecule has 3 rings (SSSR count). The summed E-state index contributed by atoms with van der Waals surface area (Å²) in [5, 5.41) is 9.90. The van der Waals surface area contributed by atoms with E-state index in [4.69, 9.17) is 9.47 Å². The van der Waals surface area contributed by atoms with Gasteiger partial charge in [-0.05, 0) is 51.3 Å². The van der Waals surface area contributed by atoms with Crippen LogP contribution in [-0.2, 0) is 10.2 Å². The monoisotopic (exact) mass is 367 g/mol. The number of phenolic OH excluding ortho intramolecular Hbond substituents is 1. The summed E-state index contributed by atoms with van der Waals surface area (Å²) in [4.78, 5) is 4.60. The summed E-state index contributed by atoms with van der Waals surface area (Å²) in [5.74, 6) is 1.19. The predicted molar refractivity (Wildman–Crippen MR) is 109 cm³/mol. The molecule has 27 heavy (non-hydrogen) atoms. The molecule has 1 heterocycles. The summed E-state index contributed by atoms with van der Waals surface area (Å²) in [6.45, 7) is 5.72. The standard InChI is InChI=1S/C23H29NO3/c1-22(2)17-23(13-15-27-22,19-9-5-7-11-21(19)26-3)12-14-24-16-18-8-4-6-10-20(18)25/h4-11,16,25H,12-15,17H2,1-3H3/t23-/m0/s1. The lowest BCUT2D eigenvalue weighted by Crippen LogP contribution is -2.44. The number of para-hydroxylation sites is 2. The summed E-state index contributed by atoms with van der Waals surface area (Å²) in [6.07, 6.45) is 4.54. The maximum atomic E-state index is 9.90. The van der Waals surface area contributed by atoms with Crippen molar-refractivity contribution in [3.63, 3.8) is 0 Å². The molecule has 1 fully saturated rings. The highest BCUT2D eigenvalue weighted by molar-refractivity contribution is 5.83. The van der Waals surface area contributed by atoms with E-state index < -0.39 is 0 Å². The van der Waals surface area contributed by atoms with E-state index in [1.165, 1.54) is 5.56 Å². The van der Waals surface area contributed by atoms with Crippen molar-refractivity contribution in [2.75, 3.05) is 20.3 Å². The van der Waals surface area contributed by atoms with Crippen molar-refractivity contribution in [2.45, 2.75) is 44.1 Å². The first kappa shape index (κ1) is 19.4. The van der Waals surface area contributed by atoms with E-state index in [-0.39, 0.29) is 16.8 Å². The topological polar surface area (TPSA) is 51.0 Å². The van der Waals surface area contributed by atoms with Crippen molar-refractivity contribution in [1.82, 2.24) is 0 Å². The van der Waals surface area contributed by atoms with Crippen LogP contribution in [0.5, 0.6) is 11.5 Å². The number of aliphatic imine (C=N–C) groups is 1. The van der Waals surface area contributed by atoms with Gasteiger partial charge >= 0.3 is 0 Å². The molecular weight excluding hydrogens is 338 g/mol. The minimum Gasteiger partial charge on any atom is -0.507 e. The second kappa shape index (κ2) is 8.13. The van der Waals surface area contributed by atoms with Gasteiger partial charge in [0.05, 0.1) is 12.7 Å². The van der Waals surface area contributed by atoms with E-state index in [0.29, 0.717) is 6.54 Å². The number of methoxy groups -OCH3 is 1. The minimum absolute atomic E-state index is 0.0373. The lowest BCUT2D eigenvalue weighted by atomic mass is 9.67. The Kier molecular flexibility index (Phi) is 5.85. The Bertz CT molecular complexity index is 800. The molecule has 4 nitrogen and oxygen atoms in total. The maximum Gasteiger partial charge on any atom is 0.124 e. The number of rotatable bonds is 6. The molecule has 0 spiro atoms. The lowest BCUT2D eigenvalue weighted by molar-refractivity contribution is -0.0839. The third-order valence-corrected chi connectivity index (χ3v) is 5.40. The van der Waals surface area contributed by atoms with E-state index in [0.717, 1.165) is 37.2 Å². The molecule has 2 aromatic carbocycles. The second-order valence-corrected chi connectivity index (χ2v) is 7.86. The van der Waals surface area contributed by atoms with Crippen molar-refractivity contribution in [1.29, 1.82) is 0 Å². The Hall–Kier alpha value is -2.33. The van der Waals surface area contributed by atoms with E-state index in [9.17, 15) is 5.11 Å². The molecule has 0 radical (unpaired) electrons. The highest BCUT2D eigenvalue weighted by atomic mass is 16.5. The molecule has 0 bridgehead atoms. The summed E-state index contributed by atoms with van der Waals surface area (Å²) in [5.41, 5.74) is 1.77. The Labute approximate surface area is 161 Å². The van der Waals surface area contributed by atoms with E-state index in [2.05, 4.69) is 31.0 Å². The molecule has 1 aliphatic rings. The fraction of sp³-hybridized carbons (Fsp3) is 0.435. The number of phenols is 1. The van der Waals surface area contributed by atoms with Crippen LogP contribution >= 0.6 is 0 Å². The van der Waals surface area contributed by atoms with Crippen LogP contribution in [0.15, 0.2) is 53.5 Å². The first-order valence-electron chi connectivity index (χ1n) is 9.51. The maximum absolute atomic E-state index is 9.90. The molecule has 1 aliphatic heterocycles. The van der Waals surface area contributed by atoms with Crippen LogP contribution in [0.4, 0.5) is 0 Å². The smallest absolute Gasteiger partial charge is 0.124 e. The normalized spacial score (nSPS) is 22.0. The van der Waals surface area contributed by atoms with Crippen molar-refractivity contribution >= 4 is 6.21 Å². The minimum atomic E-state index is -0.180. The number of nitrogens with zero attached hydrogens (tertiary/aromatic N) is 1. The number of hydrogen-bond acceptors (Lipinski definition) is 4. The van der Waals surface area contributed by atoms with Crippen LogP contribution in [0.25, 0.3) is 0 Å². The van der Waals surface area contributed by atoms with E-state index in [1.54, 1.807) is 19.4 Å². The van der Waals surface area contributed by atoms with Gasteiger partial charge < -0.3 is 14.6 Å². The molecule has 4 heteroatoms. The molecule has 1 N–H and O–H groups in total. The van der Waals surface area contributed by atoms with Gasteiger partial charge in [0.2, 0.25) is 0 Å².